The Kier molecular flexibility index (Phi) is 3.68. The monoisotopic (exact) mass is 301 g/mol. The van der Waals surface area contributed by atoms with Gasteiger partial charge in [0, 0.05) is 13.1 Å². The van der Waals surface area contributed by atoms with Gasteiger partial charge in [0.2, 0.25) is 0 Å². The molecule has 1 aliphatic heterocycles. The van der Waals surface area contributed by atoms with E-state index in [-0.39, 0.29) is 11.9 Å². The zero-order chi connectivity index (χ0) is 14.9. The summed E-state index contributed by atoms with van der Waals surface area (Å²) in [6.45, 7) is 3.59. The summed E-state index contributed by atoms with van der Waals surface area (Å²) in [4.78, 5) is 10.4. The highest BCUT2D eigenvalue weighted by atomic mass is 19.1. The molecule has 1 unspecified atom stereocenters. The van der Waals surface area contributed by atoms with Gasteiger partial charge in [0.1, 0.15) is 11.6 Å². The quantitative estimate of drug-likeness (QED) is 0.944. The number of halogens is 1. The van der Waals surface area contributed by atoms with E-state index in [4.69, 9.17) is 4.74 Å². The molecule has 5 heteroatoms. The average Bonchev–Trinajstić information content (AvgIpc) is 3.22. The van der Waals surface area contributed by atoms with Gasteiger partial charge in [-0.1, -0.05) is 0 Å². The molecule has 1 aliphatic carbocycles. The highest BCUT2D eigenvalue weighted by molar-refractivity contribution is 5.58. The van der Waals surface area contributed by atoms with Crippen LogP contribution < -0.4 is 0 Å². The largest absolute Gasteiger partial charge is 0.378 e. The molecule has 2 aromatic rings. The normalized spacial score (nSPS) is 22.9. The minimum absolute atomic E-state index is 0.198. The van der Waals surface area contributed by atoms with Gasteiger partial charge in [-0.15, -0.1) is 0 Å². The fraction of sp³-hybridized carbons (Fsp3) is 0.471. The van der Waals surface area contributed by atoms with Crippen molar-refractivity contribution >= 4 is 0 Å². The van der Waals surface area contributed by atoms with Gasteiger partial charge in [-0.3, -0.25) is 4.90 Å². The maximum Gasteiger partial charge on any atom is 0.126 e. The predicted octanol–water partition coefficient (Wildman–Crippen LogP) is 3.00. The number of morpholine rings is 1. The van der Waals surface area contributed by atoms with Crippen molar-refractivity contribution in [2.45, 2.75) is 18.9 Å². The number of H-pyrrole nitrogens is 1. The van der Waals surface area contributed by atoms with Gasteiger partial charge in [-0.2, -0.15) is 0 Å². The van der Waals surface area contributed by atoms with Crippen LogP contribution in [0.4, 0.5) is 4.39 Å². The Morgan fingerprint density at radius 3 is 2.86 bits per heavy atom. The van der Waals surface area contributed by atoms with E-state index >= 15 is 0 Å². The zero-order valence-corrected chi connectivity index (χ0v) is 12.5. The topological polar surface area (TPSA) is 41.1 Å². The molecule has 22 heavy (non-hydrogen) atoms. The van der Waals surface area contributed by atoms with Gasteiger partial charge in [0.15, 0.2) is 0 Å². The van der Waals surface area contributed by atoms with Gasteiger partial charge in [0.25, 0.3) is 0 Å². The van der Waals surface area contributed by atoms with Crippen molar-refractivity contribution in [2.75, 3.05) is 26.3 Å². The molecule has 0 bridgehead atoms. The second kappa shape index (κ2) is 5.82. The minimum atomic E-state index is -0.222. The molecule has 116 valence electrons. The molecule has 1 aromatic carbocycles. The van der Waals surface area contributed by atoms with Crippen LogP contribution in [0.3, 0.4) is 0 Å². The number of aromatic nitrogens is 2. The number of ether oxygens (including phenoxy) is 1. The van der Waals surface area contributed by atoms with E-state index in [9.17, 15) is 4.39 Å². The van der Waals surface area contributed by atoms with Crippen molar-refractivity contribution in [3.05, 3.63) is 42.1 Å². The lowest BCUT2D eigenvalue weighted by Gasteiger charge is -2.34. The van der Waals surface area contributed by atoms with Gasteiger partial charge < -0.3 is 9.72 Å². The number of hydrogen-bond acceptors (Lipinski definition) is 3. The van der Waals surface area contributed by atoms with E-state index in [2.05, 4.69) is 14.9 Å². The zero-order valence-electron chi connectivity index (χ0n) is 12.5. The number of aromatic amines is 1. The van der Waals surface area contributed by atoms with E-state index in [1.807, 2.05) is 6.20 Å². The molecule has 0 spiro atoms. The fourth-order valence-corrected chi connectivity index (χ4v) is 3.02. The van der Waals surface area contributed by atoms with Crippen LogP contribution in [0.1, 0.15) is 24.7 Å². The third-order valence-corrected chi connectivity index (χ3v) is 4.50. The molecule has 0 amide bonds. The van der Waals surface area contributed by atoms with Crippen LogP contribution in [0.2, 0.25) is 0 Å². The van der Waals surface area contributed by atoms with E-state index < -0.39 is 0 Å². The molecule has 4 rings (SSSR count). The average molecular weight is 301 g/mol. The molecule has 2 aliphatic rings. The molecule has 1 atom stereocenters. The highest BCUT2D eigenvalue weighted by Gasteiger charge is 2.32. The molecule has 2 heterocycles. The Morgan fingerprint density at radius 1 is 1.27 bits per heavy atom. The lowest BCUT2D eigenvalue weighted by atomic mass is 10.1. The van der Waals surface area contributed by atoms with Crippen molar-refractivity contribution in [2.24, 2.45) is 5.92 Å². The van der Waals surface area contributed by atoms with Crippen molar-refractivity contribution in [3.63, 3.8) is 0 Å². The SMILES string of the molecule is Fc1ccc(-c2cnc(C3COCCN3CC3CC3)[nH]2)cc1. The molecule has 4 nitrogen and oxygen atoms in total. The summed E-state index contributed by atoms with van der Waals surface area (Å²) < 4.78 is 18.7. The summed E-state index contributed by atoms with van der Waals surface area (Å²) >= 11 is 0. The first-order chi connectivity index (χ1) is 10.8. The number of nitrogens with zero attached hydrogens (tertiary/aromatic N) is 2. The van der Waals surface area contributed by atoms with Gasteiger partial charge in [-0.05, 0) is 48.6 Å². The summed E-state index contributed by atoms with van der Waals surface area (Å²) in [7, 11) is 0. The molecule has 1 aromatic heterocycles. The lowest BCUT2D eigenvalue weighted by Crippen LogP contribution is -2.41. The standard InChI is InChI=1S/C17H20FN3O/c18-14-5-3-13(4-6-14)15-9-19-17(20-15)16-11-22-8-7-21(16)10-12-1-2-12/h3-6,9,12,16H,1-2,7-8,10-11H2,(H,19,20). The second-order valence-electron chi connectivity index (χ2n) is 6.22. The summed E-state index contributed by atoms with van der Waals surface area (Å²) in [5.74, 6) is 1.58. The Bertz CT molecular complexity index is 636. The summed E-state index contributed by atoms with van der Waals surface area (Å²) in [6, 6.07) is 6.68. The molecular formula is C17H20FN3O. The van der Waals surface area contributed by atoms with Crippen LogP contribution in [-0.2, 0) is 4.74 Å². The van der Waals surface area contributed by atoms with Crippen LogP contribution in [0, 0.1) is 11.7 Å². The van der Waals surface area contributed by atoms with Gasteiger partial charge in [-0.25, -0.2) is 9.37 Å². The van der Waals surface area contributed by atoms with Gasteiger partial charge >= 0.3 is 0 Å². The van der Waals surface area contributed by atoms with Crippen LogP contribution in [0.15, 0.2) is 30.5 Å². The second-order valence-corrected chi connectivity index (χ2v) is 6.22. The van der Waals surface area contributed by atoms with Crippen molar-refractivity contribution in [1.29, 1.82) is 0 Å². The maximum atomic E-state index is 13.0. The Labute approximate surface area is 129 Å². The first kappa shape index (κ1) is 13.9. The van der Waals surface area contributed by atoms with Crippen LogP contribution in [-0.4, -0.2) is 41.2 Å². The molecule has 0 radical (unpaired) electrons. The number of benzene rings is 1. The third-order valence-electron chi connectivity index (χ3n) is 4.50. The van der Waals surface area contributed by atoms with Gasteiger partial charge in [0.05, 0.1) is 31.1 Å². The summed E-state index contributed by atoms with van der Waals surface area (Å²) in [6.07, 6.45) is 4.53. The molecular weight excluding hydrogens is 281 g/mol. The predicted molar refractivity (Wildman–Crippen MR) is 81.8 cm³/mol. The smallest absolute Gasteiger partial charge is 0.126 e. The summed E-state index contributed by atoms with van der Waals surface area (Å²) in [5, 5.41) is 0. The van der Waals surface area contributed by atoms with Crippen LogP contribution in [0.5, 0.6) is 0 Å². The van der Waals surface area contributed by atoms with E-state index in [1.54, 1.807) is 12.1 Å². The highest BCUT2D eigenvalue weighted by Crippen LogP contribution is 2.33. The number of rotatable bonds is 4. The van der Waals surface area contributed by atoms with Crippen LogP contribution in [0.25, 0.3) is 11.3 Å². The molecule has 1 saturated carbocycles. The maximum absolute atomic E-state index is 13.0. The lowest BCUT2D eigenvalue weighted by molar-refractivity contribution is -0.0134. The van der Waals surface area contributed by atoms with Crippen molar-refractivity contribution < 1.29 is 9.13 Å². The van der Waals surface area contributed by atoms with Crippen LogP contribution >= 0.6 is 0 Å². The molecule has 1 saturated heterocycles. The van der Waals surface area contributed by atoms with Crippen molar-refractivity contribution in [3.8, 4) is 11.3 Å². The molecule has 1 N–H and O–H groups in total. The Balaban J connectivity index is 1.54. The minimum Gasteiger partial charge on any atom is -0.378 e. The molecule has 2 fully saturated rings. The van der Waals surface area contributed by atoms with E-state index in [1.165, 1.54) is 25.0 Å². The fourth-order valence-electron chi connectivity index (χ4n) is 3.02. The van der Waals surface area contributed by atoms with Crippen molar-refractivity contribution in [1.82, 2.24) is 14.9 Å². The number of imidazole rings is 1. The van der Waals surface area contributed by atoms with E-state index in [0.717, 1.165) is 42.7 Å². The Hall–Kier alpha value is -1.72. The Morgan fingerprint density at radius 2 is 2.09 bits per heavy atom. The number of hydrogen-bond donors (Lipinski definition) is 1. The third kappa shape index (κ3) is 2.91. The van der Waals surface area contributed by atoms with E-state index in [0.29, 0.717) is 6.61 Å². The summed E-state index contributed by atoms with van der Waals surface area (Å²) in [5.41, 5.74) is 1.87. The first-order valence-electron chi connectivity index (χ1n) is 7.92. The number of nitrogens with one attached hydrogen (secondary N) is 1. The first-order valence-corrected chi connectivity index (χ1v) is 7.92.